The maximum Gasteiger partial charge on any atom is 0.252 e. The average molecular weight is 352 g/mol. The molecule has 0 aliphatic rings. The highest BCUT2D eigenvalue weighted by Crippen LogP contribution is 2.15. The summed E-state index contributed by atoms with van der Waals surface area (Å²) in [4.78, 5) is 29.3. The number of nitrogens with zero attached hydrogens (tertiary/aromatic N) is 3. The minimum Gasteiger partial charge on any atom is -0.343 e. The molecule has 0 fully saturated rings. The Bertz CT molecular complexity index is 629. The number of H-pyrrole nitrogens is 1. The highest BCUT2D eigenvalue weighted by Gasteiger charge is 2.14. The van der Waals surface area contributed by atoms with E-state index in [1.165, 1.54) is 11.2 Å². The SMILES string of the molecule is CN(Cc1ncn[nH]1)C(=O)CNC(=O)c1ccccc1Br. The van der Waals surface area contributed by atoms with Gasteiger partial charge in [-0.2, -0.15) is 5.10 Å². The lowest BCUT2D eigenvalue weighted by Gasteiger charge is -2.16. The predicted octanol–water partition coefficient (Wildman–Crippen LogP) is 0.956. The Morgan fingerprint density at radius 1 is 1.38 bits per heavy atom. The van der Waals surface area contributed by atoms with Gasteiger partial charge in [0.05, 0.1) is 18.7 Å². The van der Waals surface area contributed by atoms with Crippen molar-refractivity contribution >= 4 is 27.7 Å². The fraction of sp³-hybridized carbons (Fsp3) is 0.231. The second-order valence-corrected chi connectivity index (χ2v) is 5.20. The molecule has 1 heterocycles. The van der Waals surface area contributed by atoms with E-state index in [1.807, 2.05) is 6.07 Å². The largest absolute Gasteiger partial charge is 0.343 e. The molecule has 0 spiro atoms. The third-order valence-electron chi connectivity index (χ3n) is 2.80. The molecule has 0 bridgehead atoms. The van der Waals surface area contributed by atoms with E-state index in [-0.39, 0.29) is 18.4 Å². The van der Waals surface area contributed by atoms with Crippen LogP contribution in [0.25, 0.3) is 0 Å². The monoisotopic (exact) mass is 351 g/mol. The quantitative estimate of drug-likeness (QED) is 0.839. The summed E-state index contributed by atoms with van der Waals surface area (Å²) in [7, 11) is 1.63. The Balaban J connectivity index is 1.86. The standard InChI is InChI=1S/C13H14BrN5O2/c1-19(7-11-16-8-17-18-11)12(20)6-15-13(21)9-4-2-3-5-10(9)14/h2-5,8H,6-7H2,1H3,(H,15,21)(H,16,17,18). The van der Waals surface area contributed by atoms with Crippen LogP contribution < -0.4 is 5.32 Å². The van der Waals surface area contributed by atoms with Crippen molar-refractivity contribution in [3.05, 3.63) is 46.5 Å². The number of hydrogen-bond acceptors (Lipinski definition) is 4. The number of aromatic nitrogens is 3. The number of carbonyl (C=O) groups excluding carboxylic acids is 2. The zero-order valence-corrected chi connectivity index (χ0v) is 12.9. The summed E-state index contributed by atoms with van der Waals surface area (Å²) in [5, 5.41) is 8.98. The first-order chi connectivity index (χ1) is 10.1. The molecule has 110 valence electrons. The van der Waals surface area contributed by atoms with Crippen LogP contribution in [0.1, 0.15) is 16.2 Å². The van der Waals surface area contributed by atoms with Gasteiger partial charge in [0.25, 0.3) is 5.91 Å². The van der Waals surface area contributed by atoms with Crippen molar-refractivity contribution in [1.82, 2.24) is 25.4 Å². The first-order valence-electron chi connectivity index (χ1n) is 6.19. The number of carbonyl (C=O) groups is 2. The van der Waals surface area contributed by atoms with Crippen LogP contribution in [0.2, 0.25) is 0 Å². The summed E-state index contributed by atoms with van der Waals surface area (Å²) in [6, 6.07) is 7.03. The highest BCUT2D eigenvalue weighted by atomic mass is 79.9. The lowest BCUT2D eigenvalue weighted by atomic mass is 10.2. The fourth-order valence-corrected chi connectivity index (χ4v) is 2.12. The van der Waals surface area contributed by atoms with Gasteiger partial charge in [0, 0.05) is 11.5 Å². The van der Waals surface area contributed by atoms with E-state index in [1.54, 1.807) is 25.2 Å². The molecule has 8 heteroatoms. The molecule has 0 saturated heterocycles. The summed E-state index contributed by atoms with van der Waals surface area (Å²) in [5.41, 5.74) is 0.489. The Morgan fingerprint density at radius 2 is 2.14 bits per heavy atom. The van der Waals surface area contributed by atoms with Gasteiger partial charge in [0.15, 0.2) is 0 Å². The van der Waals surface area contributed by atoms with E-state index in [2.05, 4.69) is 36.4 Å². The normalized spacial score (nSPS) is 10.2. The maximum absolute atomic E-state index is 12.0. The van der Waals surface area contributed by atoms with Gasteiger partial charge in [0.1, 0.15) is 12.2 Å². The first-order valence-corrected chi connectivity index (χ1v) is 6.98. The average Bonchev–Trinajstić information content (AvgIpc) is 2.97. The number of rotatable bonds is 5. The zero-order valence-electron chi connectivity index (χ0n) is 11.3. The fourth-order valence-electron chi connectivity index (χ4n) is 1.65. The summed E-state index contributed by atoms with van der Waals surface area (Å²) in [5.74, 6) is 0.0682. The van der Waals surface area contributed by atoms with E-state index in [0.29, 0.717) is 22.4 Å². The number of aromatic amines is 1. The van der Waals surface area contributed by atoms with E-state index >= 15 is 0 Å². The number of benzene rings is 1. The zero-order chi connectivity index (χ0) is 15.2. The predicted molar refractivity (Wildman–Crippen MR) is 79.3 cm³/mol. The second-order valence-electron chi connectivity index (χ2n) is 4.34. The van der Waals surface area contributed by atoms with Crippen molar-refractivity contribution < 1.29 is 9.59 Å². The van der Waals surface area contributed by atoms with Crippen molar-refractivity contribution in [1.29, 1.82) is 0 Å². The van der Waals surface area contributed by atoms with Gasteiger partial charge in [-0.1, -0.05) is 12.1 Å². The molecule has 0 saturated carbocycles. The molecule has 0 radical (unpaired) electrons. The smallest absolute Gasteiger partial charge is 0.252 e. The van der Waals surface area contributed by atoms with Crippen LogP contribution in [0.3, 0.4) is 0 Å². The molecule has 0 aliphatic carbocycles. The van der Waals surface area contributed by atoms with Crippen molar-refractivity contribution in [2.45, 2.75) is 6.54 Å². The molecule has 0 unspecified atom stereocenters. The molecule has 0 atom stereocenters. The van der Waals surface area contributed by atoms with Crippen molar-refractivity contribution in [2.24, 2.45) is 0 Å². The topological polar surface area (TPSA) is 91.0 Å². The van der Waals surface area contributed by atoms with Gasteiger partial charge in [-0.15, -0.1) is 0 Å². The third-order valence-corrected chi connectivity index (χ3v) is 3.49. The van der Waals surface area contributed by atoms with Gasteiger partial charge in [0.2, 0.25) is 5.91 Å². The molecular weight excluding hydrogens is 338 g/mol. The van der Waals surface area contributed by atoms with E-state index in [0.717, 1.165) is 0 Å². The van der Waals surface area contributed by atoms with Crippen LogP contribution in [0.5, 0.6) is 0 Å². The summed E-state index contributed by atoms with van der Waals surface area (Å²) in [6.45, 7) is 0.231. The molecule has 2 N–H and O–H groups in total. The van der Waals surface area contributed by atoms with Gasteiger partial charge in [-0.05, 0) is 28.1 Å². The summed E-state index contributed by atoms with van der Waals surface area (Å²) in [6.07, 6.45) is 1.38. The molecule has 0 aliphatic heterocycles. The molecule has 2 rings (SSSR count). The van der Waals surface area contributed by atoms with Gasteiger partial charge < -0.3 is 10.2 Å². The number of nitrogens with one attached hydrogen (secondary N) is 2. The van der Waals surface area contributed by atoms with E-state index in [4.69, 9.17) is 0 Å². The Labute approximate surface area is 129 Å². The molecule has 7 nitrogen and oxygen atoms in total. The number of hydrogen-bond donors (Lipinski definition) is 2. The Morgan fingerprint density at radius 3 is 2.81 bits per heavy atom. The van der Waals surface area contributed by atoms with Gasteiger partial charge >= 0.3 is 0 Å². The maximum atomic E-state index is 12.0. The second kappa shape index (κ2) is 6.98. The minimum atomic E-state index is -0.302. The van der Waals surface area contributed by atoms with E-state index < -0.39 is 0 Å². The first kappa shape index (κ1) is 15.2. The van der Waals surface area contributed by atoms with Crippen molar-refractivity contribution in [2.75, 3.05) is 13.6 Å². The van der Waals surface area contributed by atoms with Crippen LogP contribution in [-0.2, 0) is 11.3 Å². The van der Waals surface area contributed by atoms with Crippen molar-refractivity contribution in [3.8, 4) is 0 Å². The minimum absolute atomic E-state index is 0.0786. The molecular formula is C13H14BrN5O2. The van der Waals surface area contributed by atoms with E-state index in [9.17, 15) is 9.59 Å². The van der Waals surface area contributed by atoms with Crippen LogP contribution in [0.4, 0.5) is 0 Å². The summed E-state index contributed by atoms with van der Waals surface area (Å²) < 4.78 is 0.685. The Hall–Kier alpha value is -2.22. The molecule has 1 aromatic heterocycles. The molecule has 1 aromatic carbocycles. The van der Waals surface area contributed by atoms with Crippen LogP contribution in [0.15, 0.2) is 35.1 Å². The lowest BCUT2D eigenvalue weighted by molar-refractivity contribution is -0.129. The summed E-state index contributed by atoms with van der Waals surface area (Å²) >= 11 is 3.30. The van der Waals surface area contributed by atoms with Crippen LogP contribution in [-0.4, -0.2) is 45.5 Å². The highest BCUT2D eigenvalue weighted by molar-refractivity contribution is 9.10. The van der Waals surface area contributed by atoms with Crippen LogP contribution in [0, 0.1) is 0 Å². The molecule has 21 heavy (non-hydrogen) atoms. The third kappa shape index (κ3) is 4.12. The van der Waals surface area contributed by atoms with Gasteiger partial charge in [-0.25, -0.2) is 4.98 Å². The Kier molecular flexibility index (Phi) is 5.04. The number of amides is 2. The van der Waals surface area contributed by atoms with Crippen LogP contribution >= 0.6 is 15.9 Å². The number of halogens is 1. The van der Waals surface area contributed by atoms with Gasteiger partial charge in [-0.3, -0.25) is 14.7 Å². The molecule has 2 amide bonds. The molecule has 2 aromatic rings. The lowest BCUT2D eigenvalue weighted by Crippen LogP contribution is -2.38. The van der Waals surface area contributed by atoms with Crippen molar-refractivity contribution in [3.63, 3.8) is 0 Å². The number of likely N-dealkylation sites (N-methyl/N-ethyl adjacent to an activating group) is 1.